The first-order chi connectivity index (χ1) is 5.57. The van der Waals surface area contributed by atoms with Crippen molar-refractivity contribution >= 4 is 0 Å². The molecular formula is C12H16. The van der Waals surface area contributed by atoms with Crippen LogP contribution < -0.4 is 0 Å². The fraction of sp³-hybridized carbons (Fsp3) is 0.333. The van der Waals surface area contributed by atoms with E-state index in [-0.39, 0.29) is 0 Å². The summed E-state index contributed by atoms with van der Waals surface area (Å²) in [4.78, 5) is 0. The second-order valence-corrected chi connectivity index (χ2v) is 2.96. The molecule has 0 unspecified atom stereocenters. The van der Waals surface area contributed by atoms with Gasteiger partial charge in [0.25, 0.3) is 0 Å². The fourth-order valence-electron chi connectivity index (χ4n) is 0.602. The molecule has 0 saturated heterocycles. The smallest absolute Gasteiger partial charge is 0.0173 e. The van der Waals surface area contributed by atoms with Gasteiger partial charge in [-0.05, 0) is 18.9 Å². The second-order valence-electron chi connectivity index (χ2n) is 2.96. The Morgan fingerprint density at radius 3 is 2.25 bits per heavy atom. The number of hydrogen-bond acceptors (Lipinski definition) is 0. The monoisotopic (exact) mass is 160 g/mol. The van der Waals surface area contributed by atoms with Crippen LogP contribution in [0.15, 0.2) is 36.5 Å². The van der Waals surface area contributed by atoms with Gasteiger partial charge in [0.2, 0.25) is 0 Å². The first-order valence-corrected chi connectivity index (χ1v) is 4.06. The van der Waals surface area contributed by atoms with Gasteiger partial charge in [-0.1, -0.05) is 44.6 Å². The zero-order valence-electron chi connectivity index (χ0n) is 8.15. The average Bonchev–Trinajstić information content (AvgIpc) is 2.00. The lowest BCUT2D eigenvalue weighted by Gasteiger charge is -2.01. The highest BCUT2D eigenvalue weighted by Crippen LogP contribution is 2.08. The molecule has 0 aromatic rings. The van der Waals surface area contributed by atoms with Crippen LogP contribution in [0.1, 0.15) is 20.8 Å². The summed E-state index contributed by atoms with van der Waals surface area (Å²) in [5, 5.41) is 0. The predicted octanol–water partition coefficient (Wildman–Crippen LogP) is 3.33. The quantitative estimate of drug-likeness (QED) is 0.439. The van der Waals surface area contributed by atoms with E-state index in [1.807, 2.05) is 12.2 Å². The summed E-state index contributed by atoms with van der Waals surface area (Å²) in [6.07, 6.45) is 3.87. The van der Waals surface area contributed by atoms with E-state index in [0.29, 0.717) is 5.92 Å². The molecule has 64 valence electrons. The van der Waals surface area contributed by atoms with Crippen LogP contribution >= 0.6 is 0 Å². The molecule has 0 bridgehead atoms. The molecule has 0 nitrogen and oxygen atoms in total. The highest BCUT2D eigenvalue weighted by molar-refractivity contribution is 5.37. The normalized spacial score (nSPS) is 9.67. The van der Waals surface area contributed by atoms with Crippen LogP contribution in [-0.4, -0.2) is 0 Å². The molecule has 12 heavy (non-hydrogen) atoms. The van der Waals surface area contributed by atoms with Gasteiger partial charge in [0.15, 0.2) is 0 Å². The fourth-order valence-corrected chi connectivity index (χ4v) is 0.602. The third kappa shape index (κ3) is 4.57. The van der Waals surface area contributed by atoms with Crippen molar-refractivity contribution in [3.63, 3.8) is 0 Å². The molecule has 0 fully saturated rings. The second kappa shape index (κ2) is 5.43. The molecule has 0 aromatic carbocycles. The summed E-state index contributed by atoms with van der Waals surface area (Å²) < 4.78 is 0. The average molecular weight is 160 g/mol. The molecule has 0 heterocycles. The first-order valence-electron chi connectivity index (χ1n) is 4.06. The molecule has 0 aromatic heterocycles. The van der Waals surface area contributed by atoms with Crippen molar-refractivity contribution in [1.82, 2.24) is 0 Å². The van der Waals surface area contributed by atoms with E-state index in [0.717, 1.165) is 11.1 Å². The Balaban J connectivity index is 4.13. The van der Waals surface area contributed by atoms with Crippen molar-refractivity contribution in [2.45, 2.75) is 20.8 Å². The van der Waals surface area contributed by atoms with E-state index in [1.54, 1.807) is 6.92 Å². The van der Waals surface area contributed by atoms with E-state index in [9.17, 15) is 0 Å². The topological polar surface area (TPSA) is 0 Å². The lowest BCUT2D eigenvalue weighted by atomic mass is 10.0. The number of hydrogen-bond donors (Lipinski definition) is 0. The van der Waals surface area contributed by atoms with E-state index in [2.05, 4.69) is 38.8 Å². The molecular weight excluding hydrogens is 144 g/mol. The Kier molecular flexibility index (Phi) is 4.88. The molecule has 0 heteroatoms. The van der Waals surface area contributed by atoms with Crippen LogP contribution in [0.3, 0.4) is 0 Å². The Morgan fingerprint density at radius 1 is 1.25 bits per heavy atom. The first kappa shape index (κ1) is 10.8. The maximum absolute atomic E-state index is 3.91. The van der Waals surface area contributed by atoms with Crippen LogP contribution in [-0.2, 0) is 0 Å². The molecule has 0 aliphatic carbocycles. The van der Waals surface area contributed by atoms with Gasteiger partial charge < -0.3 is 0 Å². The minimum atomic E-state index is 0.489. The predicted molar refractivity (Wildman–Crippen MR) is 55.7 cm³/mol. The maximum atomic E-state index is 3.91. The molecule has 0 saturated carbocycles. The van der Waals surface area contributed by atoms with Crippen LogP contribution in [0.2, 0.25) is 0 Å². The van der Waals surface area contributed by atoms with Gasteiger partial charge in [-0.3, -0.25) is 0 Å². The largest absolute Gasteiger partial charge is 0.101 e. The van der Waals surface area contributed by atoms with Crippen molar-refractivity contribution in [3.05, 3.63) is 36.5 Å². The third-order valence-electron chi connectivity index (χ3n) is 1.53. The Bertz CT molecular complexity index is 253. The lowest BCUT2D eigenvalue weighted by molar-refractivity contribution is 0.795. The summed E-state index contributed by atoms with van der Waals surface area (Å²) in [5.74, 6) is 6.15. The molecule has 0 spiro atoms. The minimum Gasteiger partial charge on any atom is -0.101 e. The maximum Gasteiger partial charge on any atom is 0.0173 e. The summed E-state index contributed by atoms with van der Waals surface area (Å²) in [6.45, 7) is 13.7. The number of allylic oxidation sites excluding steroid dienone is 4. The van der Waals surface area contributed by atoms with Crippen molar-refractivity contribution in [3.8, 4) is 11.8 Å². The van der Waals surface area contributed by atoms with Crippen molar-refractivity contribution < 1.29 is 0 Å². The highest BCUT2D eigenvalue weighted by Gasteiger charge is 1.93. The molecule has 0 aliphatic heterocycles. The van der Waals surface area contributed by atoms with Crippen molar-refractivity contribution in [2.24, 2.45) is 5.92 Å². The van der Waals surface area contributed by atoms with E-state index in [1.165, 1.54) is 0 Å². The van der Waals surface area contributed by atoms with Gasteiger partial charge in [-0.15, -0.1) is 5.92 Å². The van der Waals surface area contributed by atoms with Gasteiger partial charge in [0.05, 0.1) is 0 Å². The molecule has 0 rings (SSSR count). The van der Waals surface area contributed by atoms with E-state index < -0.39 is 0 Å². The lowest BCUT2D eigenvalue weighted by Crippen LogP contribution is -1.87. The number of rotatable bonds is 3. The van der Waals surface area contributed by atoms with Crippen molar-refractivity contribution in [1.29, 1.82) is 0 Å². The zero-order chi connectivity index (χ0) is 9.56. The molecule has 0 aliphatic rings. The van der Waals surface area contributed by atoms with Gasteiger partial charge in [-0.25, -0.2) is 0 Å². The Labute approximate surface area is 75.7 Å². The summed E-state index contributed by atoms with van der Waals surface area (Å²) >= 11 is 0. The highest BCUT2D eigenvalue weighted by atomic mass is 14.0. The molecule has 0 atom stereocenters. The van der Waals surface area contributed by atoms with Crippen LogP contribution in [0.4, 0.5) is 0 Å². The van der Waals surface area contributed by atoms with Crippen LogP contribution in [0.25, 0.3) is 0 Å². The van der Waals surface area contributed by atoms with Gasteiger partial charge in [0, 0.05) is 5.57 Å². The van der Waals surface area contributed by atoms with Gasteiger partial charge in [0.1, 0.15) is 0 Å². The van der Waals surface area contributed by atoms with Gasteiger partial charge in [-0.2, -0.15) is 0 Å². The SMILES string of the molecule is C=C(C#CC)/C=C\C(=C)C(C)C. The Hall–Kier alpha value is -1.22. The van der Waals surface area contributed by atoms with Gasteiger partial charge >= 0.3 is 0 Å². The van der Waals surface area contributed by atoms with Crippen molar-refractivity contribution in [2.75, 3.05) is 0 Å². The van der Waals surface area contributed by atoms with Crippen LogP contribution in [0, 0.1) is 17.8 Å². The summed E-state index contributed by atoms with van der Waals surface area (Å²) in [5.41, 5.74) is 1.94. The molecule has 0 radical (unpaired) electrons. The van der Waals surface area contributed by atoms with Crippen LogP contribution in [0.5, 0.6) is 0 Å². The standard InChI is InChI=1S/C12H16/c1-6-7-11(4)8-9-12(5)10(2)3/h8-10H,4-5H2,1-3H3/b9-8-. The minimum absolute atomic E-state index is 0.489. The molecule has 0 N–H and O–H groups in total. The van der Waals surface area contributed by atoms with E-state index in [4.69, 9.17) is 0 Å². The third-order valence-corrected chi connectivity index (χ3v) is 1.53. The zero-order valence-corrected chi connectivity index (χ0v) is 8.15. The Morgan fingerprint density at radius 2 is 1.83 bits per heavy atom. The summed E-state index contributed by atoms with van der Waals surface area (Å²) in [6, 6.07) is 0. The molecule has 0 amide bonds. The summed E-state index contributed by atoms with van der Waals surface area (Å²) in [7, 11) is 0. The van der Waals surface area contributed by atoms with E-state index >= 15 is 0 Å².